The zero-order valence-corrected chi connectivity index (χ0v) is 10.6. The lowest BCUT2D eigenvalue weighted by molar-refractivity contribution is -0.136. The number of hydrogen-bond acceptors (Lipinski definition) is 5. The highest BCUT2D eigenvalue weighted by molar-refractivity contribution is 5.76. The van der Waals surface area contributed by atoms with Crippen LogP contribution < -0.4 is 0 Å². The van der Waals surface area contributed by atoms with E-state index in [1.807, 2.05) is 12.3 Å². The van der Waals surface area contributed by atoms with Crippen molar-refractivity contribution < 1.29 is 14.9 Å². The van der Waals surface area contributed by atoms with Gasteiger partial charge in [-0.15, -0.1) is 0 Å². The van der Waals surface area contributed by atoms with E-state index in [2.05, 4.69) is 10.1 Å². The molecule has 0 amide bonds. The SMILES string of the molecule is OC(Cn1cc2ccncc2n1)C1(O)CCOCC1. The fourth-order valence-electron chi connectivity index (χ4n) is 2.42. The summed E-state index contributed by atoms with van der Waals surface area (Å²) in [5, 5.41) is 25.9. The summed E-state index contributed by atoms with van der Waals surface area (Å²) in [7, 11) is 0. The molecule has 1 saturated heterocycles. The highest BCUT2D eigenvalue weighted by Crippen LogP contribution is 2.25. The molecule has 2 N–H and O–H groups in total. The van der Waals surface area contributed by atoms with E-state index in [1.165, 1.54) is 0 Å². The van der Waals surface area contributed by atoms with Crippen LogP contribution >= 0.6 is 0 Å². The molecule has 2 aromatic rings. The van der Waals surface area contributed by atoms with Crippen LogP contribution in [0, 0.1) is 0 Å². The zero-order valence-electron chi connectivity index (χ0n) is 10.6. The molecule has 0 spiro atoms. The highest BCUT2D eigenvalue weighted by atomic mass is 16.5. The quantitative estimate of drug-likeness (QED) is 0.834. The van der Waals surface area contributed by atoms with Gasteiger partial charge in [0.25, 0.3) is 0 Å². The predicted octanol–water partition coefficient (Wildman–Crippen LogP) is 0.334. The van der Waals surface area contributed by atoms with Gasteiger partial charge in [0.1, 0.15) is 11.6 Å². The number of fused-ring (bicyclic) bond motifs is 1. The summed E-state index contributed by atoms with van der Waals surface area (Å²) in [6, 6.07) is 1.87. The van der Waals surface area contributed by atoms with Gasteiger partial charge in [0, 0.05) is 43.8 Å². The highest BCUT2D eigenvalue weighted by Gasteiger charge is 2.37. The standard InChI is InChI=1S/C13H17N3O3/c17-12(13(18)2-5-19-6-3-13)9-16-8-10-1-4-14-7-11(10)15-16/h1,4,7-8,12,17-18H,2-3,5-6,9H2. The van der Waals surface area contributed by atoms with E-state index in [0.717, 1.165) is 10.9 Å². The number of hydrogen-bond donors (Lipinski definition) is 2. The van der Waals surface area contributed by atoms with Crippen molar-refractivity contribution in [1.82, 2.24) is 14.8 Å². The van der Waals surface area contributed by atoms with Gasteiger partial charge in [-0.25, -0.2) is 0 Å². The molecule has 6 nitrogen and oxygen atoms in total. The Labute approximate surface area is 110 Å². The average molecular weight is 263 g/mol. The molecule has 2 aromatic heterocycles. The molecule has 0 bridgehead atoms. The van der Waals surface area contributed by atoms with Gasteiger partial charge in [0.05, 0.1) is 18.3 Å². The van der Waals surface area contributed by atoms with Crippen LogP contribution in [-0.2, 0) is 11.3 Å². The molecule has 0 radical (unpaired) electrons. The molecular weight excluding hydrogens is 246 g/mol. The normalized spacial score (nSPS) is 20.5. The third-order valence-electron chi connectivity index (χ3n) is 3.70. The third kappa shape index (κ3) is 2.47. The predicted molar refractivity (Wildman–Crippen MR) is 68.5 cm³/mol. The molecule has 1 unspecified atom stereocenters. The van der Waals surface area contributed by atoms with Gasteiger partial charge in [0.15, 0.2) is 0 Å². The number of aliphatic hydroxyl groups excluding tert-OH is 1. The molecular formula is C13H17N3O3. The van der Waals surface area contributed by atoms with Crippen molar-refractivity contribution in [2.24, 2.45) is 0 Å². The first-order chi connectivity index (χ1) is 9.17. The molecule has 0 saturated carbocycles. The first-order valence-electron chi connectivity index (χ1n) is 6.43. The van der Waals surface area contributed by atoms with E-state index in [9.17, 15) is 10.2 Å². The van der Waals surface area contributed by atoms with E-state index in [4.69, 9.17) is 4.74 Å². The number of nitrogens with zero attached hydrogens (tertiary/aromatic N) is 3. The second kappa shape index (κ2) is 4.88. The van der Waals surface area contributed by atoms with Crippen LogP contribution in [0.3, 0.4) is 0 Å². The van der Waals surface area contributed by atoms with Crippen LogP contribution in [0.2, 0.25) is 0 Å². The summed E-state index contributed by atoms with van der Waals surface area (Å²) in [5.41, 5.74) is -0.289. The minimum atomic E-state index is -1.07. The maximum atomic E-state index is 10.4. The number of aromatic nitrogens is 3. The van der Waals surface area contributed by atoms with E-state index in [0.29, 0.717) is 26.1 Å². The van der Waals surface area contributed by atoms with Gasteiger partial charge in [-0.3, -0.25) is 9.67 Å². The fraction of sp³-hybridized carbons (Fsp3) is 0.538. The van der Waals surface area contributed by atoms with Gasteiger partial charge < -0.3 is 14.9 Å². The van der Waals surface area contributed by atoms with Crippen LogP contribution in [0.1, 0.15) is 12.8 Å². The summed E-state index contributed by atoms with van der Waals surface area (Å²) in [4.78, 5) is 4.00. The van der Waals surface area contributed by atoms with Crippen LogP contribution in [0.15, 0.2) is 24.7 Å². The molecule has 1 aliphatic heterocycles. The molecule has 1 atom stereocenters. The van der Waals surface area contributed by atoms with Crippen molar-refractivity contribution >= 4 is 10.9 Å². The minimum absolute atomic E-state index is 0.269. The Morgan fingerprint density at radius 3 is 2.95 bits per heavy atom. The van der Waals surface area contributed by atoms with Gasteiger partial charge in [-0.05, 0) is 6.07 Å². The van der Waals surface area contributed by atoms with Crippen LogP contribution in [0.5, 0.6) is 0 Å². The summed E-state index contributed by atoms with van der Waals surface area (Å²) in [6.07, 6.45) is 5.30. The second-order valence-electron chi connectivity index (χ2n) is 5.02. The number of pyridine rings is 1. The molecule has 0 aromatic carbocycles. The lowest BCUT2D eigenvalue weighted by atomic mass is 9.88. The Morgan fingerprint density at radius 2 is 2.21 bits per heavy atom. The summed E-state index contributed by atoms with van der Waals surface area (Å²) >= 11 is 0. The Morgan fingerprint density at radius 1 is 1.42 bits per heavy atom. The maximum Gasteiger partial charge on any atom is 0.111 e. The molecule has 6 heteroatoms. The Kier molecular flexibility index (Phi) is 3.22. The van der Waals surface area contributed by atoms with Crippen LogP contribution in [0.25, 0.3) is 10.9 Å². The van der Waals surface area contributed by atoms with Crippen molar-refractivity contribution in [1.29, 1.82) is 0 Å². The van der Waals surface area contributed by atoms with E-state index >= 15 is 0 Å². The Hall–Kier alpha value is -1.50. The smallest absolute Gasteiger partial charge is 0.111 e. The lowest BCUT2D eigenvalue weighted by Gasteiger charge is -2.36. The van der Waals surface area contributed by atoms with Crippen LogP contribution in [-0.4, -0.2) is 49.9 Å². The van der Waals surface area contributed by atoms with Crippen LogP contribution in [0.4, 0.5) is 0 Å². The van der Waals surface area contributed by atoms with E-state index in [1.54, 1.807) is 17.1 Å². The summed E-state index contributed by atoms with van der Waals surface area (Å²) in [5.74, 6) is 0. The van der Waals surface area contributed by atoms with Gasteiger partial charge in [-0.2, -0.15) is 5.10 Å². The number of aliphatic hydroxyl groups is 2. The molecule has 0 aliphatic carbocycles. The molecule has 3 heterocycles. The minimum Gasteiger partial charge on any atom is -0.388 e. The molecule has 19 heavy (non-hydrogen) atoms. The van der Waals surface area contributed by atoms with Gasteiger partial charge in [-0.1, -0.05) is 0 Å². The average Bonchev–Trinajstić information content (AvgIpc) is 2.81. The van der Waals surface area contributed by atoms with Crippen molar-refractivity contribution in [3.8, 4) is 0 Å². The third-order valence-corrected chi connectivity index (χ3v) is 3.70. The summed E-state index contributed by atoms with van der Waals surface area (Å²) in [6.45, 7) is 1.24. The molecule has 102 valence electrons. The van der Waals surface area contributed by atoms with Gasteiger partial charge in [0.2, 0.25) is 0 Å². The molecule has 1 fully saturated rings. The Bertz CT molecular complexity index is 530. The van der Waals surface area contributed by atoms with Crippen molar-refractivity contribution in [3.63, 3.8) is 0 Å². The number of rotatable bonds is 3. The number of ether oxygens (including phenoxy) is 1. The Balaban J connectivity index is 1.76. The topological polar surface area (TPSA) is 80.4 Å². The maximum absolute atomic E-state index is 10.4. The second-order valence-corrected chi connectivity index (χ2v) is 5.02. The fourth-order valence-corrected chi connectivity index (χ4v) is 2.42. The summed E-state index contributed by atoms with van der Waals surface area (Å²) < 4.78 is 6.87. The van der Waals surface area contributed by atoms with Crippen molar-refractivity contribution in [3.05, 3.63) is 24.7 Å². The van der Waals surface area contributed by atoms with E-state index in [-0.39, 0.29) is 6.54 Å². The molecule has 1 aliphatic rings. The first-order valence-corrected chi connectivity index (χ1v) is 6.43. The molecule has 3 rings (SSSR count). The largest absolute Gasteiger partial charge is 0.388 e. The van der Waals surface area contributed by atoms with E-state index < -0.39 is 11.7 Å². The van der Waals surface area contributed by atoms with Gasteiger partial charge >= 0.3 is 0 Å². The first kappa shape index (κ1) is 12.5. The lowest BCUT2D eigenvalue weighted by Crippen LogP contribution is -2.48. The zero-order chi connectivity index (χ0) is 13.3. The monoisotopic (exact) mass is 263 g/mol. The van der Waals surface area contributed by atoms with Crippen molar-refractivity contribution in [2.75, 3.05) is 13.2 Å². The van der Waals surface area contributed by atoms with Crippen molar-refractivity contribution in [2.45, 2.75) is 31.1 Å².